The predicted octanol–water partition coefficient (Wildman–Crippen LogP) is 1.92. The van der Waals surface area contributed by atoms with Gasteiger partial charge in [0.1, 0.15) is 11.9 Å². The first-order chi connectivity index (χ1) is 11.9. The number of carbonyl (C=O) groups is 2. The number of ether oxygens (including phenoxy) is 1. The summed E-state index contributed by atoms with van der Waals surface area (Å²) in [6.07, 6.45) is 0.613. The fourth-order valence-corrected chi connectivity index (χ4v) is 3.14. The smallest absolute Gasteiger partial charge is 0.403 e. The third-order valence-corrected chi connectivity index (χ3v) is 5.14. The fraction of sp³-hybridized carbons (Fsp3) is 0.333. The van der Waals surface area contributed by atoms with Crippen molar-refractivity contribution in [3.05, 3.63) is 41.6 Å². The van der Waals surface area contributed by atoms with Gasteiger partial charge in [0.25, 0.3) is 5.91 Å². The minimum absolute atomic E-state index is 0.0773. The minimum atomic E-state index is -3.89. The molecule has 3 rings (SSSR count). The Morgan fingerprint density at radius 3 is 2.64 bits per heavy atom. The normalized spacial score (nSPS) is 22.0. The highest BCUT2D eigenvalue weighted by Gasteiger charge is 2.48. The molecule has 2 atom stereocenters. The largest absolute Gasteiger partial charge is 0.529 e. The summed E-state index contributed by atoms with van der Waals surface area (Å²) in [5.41, 5.74) is 0.0386. The van der Waals surface area contributed by atoms with Crippen molar-refractivity contribution >= 4 is 19.5 Å². The van der Waals surface area contributed by atoms with Crippen molar-refractivity contribution in [3.8, 4) is 5.75 Å². The zero-order valence-corrected chi connectivity index (χ0v) is 14.3. The molecule has 0 aromatic heterocycles. The number of hydrogen-bond donors (Lipinski definition) is 1. The molecular weight excluding hydrogens is 353 g/mol. The maximum Gasteiger partial charge on any atom is 0.529 e. The van der Waals surface area contributed by atoms with Crippen LogP contribution >= 0.6 is 7.82 Å². The number of para-hydroxylation sites is 1. The number of benzene rings is 1. The Kier molecular flexibility index (Phi) is 4.77. The third-order valence-electron chi connectivity index (χ3n) is 3.82. The van der Waals surface area contributed by atoms with E-state index in [9.17, 15) is 19.4 Å². The molecule has 25 heavy (non-hydrogen) atoms. The van der Waals surface area contributed by atoms with Gasteiger partial charge in [-0.1, -0.05) is 12.1 Å². The van der Waals surface area contributed by atoms with Gasteiger partial charge >= 0.3 is 7.82 Å². The van der Waals surface area contributed by atoms with Crippen LogP contribution in [0.25, 0.3) is 0 Å². The monoisotopic (exact) mass is 369 g/mol. The molecule has 1 aliphatic carbocycles. The van der Waals surface area contributed by atoms with Crippen molar-refractivity contribution in [1.29, 1.82) is 0 Å². The van der Waals surface area contributed by atoms with Crippen LogP contribution in [0.4, 0.5) is 0 Å². The van der Waals surface area contributed by atoms with Crippen molar-refractivity contribution < 1.29 is 37.7 Å². The average Bonchev–Trinajstić information content (AvgIpc) is 3.41. The SMILES string of the molecule is COP(=O)(OC)Oc1ccccc1C(=O)N(O)C1=CC(=O)C2OC2C1. The van der Waals surface area contributed by atoms with E-state index >= 15 is 0 Å². The molecule has 0 bridgehead atoms. The Hall–Kier alpha value is -2.03. The van der Waals surface area contributed by atoms with Gasteiger partial charge in [-0.05, 0) is 12.1 Å². The van der Waals surface area contributed by atoms with Crippen LogP contribution in [0.5, 0.6) is 5.75 Å². The second-order valence-corrected chi connectivity index (χ2v) is 7.16. The summed E-state index contributed by atoms with van der Waals surface area (Å²) in [6, 6.07) is 5.85. The van der Waals surface area contributed by atoms with Gasteiger partial charge in [0.2, 0.25) is 0 Å². The van der Waals surface area contributed by atoms with E-state index in [1.165, 1.54) is 18.2 Å². The molecule has 0 spiro atoms. The standard InChI is InChI=1S/C15H16NO8P/c1-21-25(20,22-2)24-12-6-4-3-5-10(12)15(18)16(19)9-7-11(17)14-13(8-9)23-14/h3-7,13-14,19H,8H2,1-2H3. The highest BCUT2D eigenvalue weighted by Crippen LogP contribution is 2.48. The highest BCUT2D eigenvalue weighted by molar-refractivity contribution is 7.48. The first-order valence-corrected chi connectivity index (χ1v) is 8.78. The number of phosphoric ester groups is 1. The number of nitrogens with zero attached hydrogens (tertiary/aromatic N) is 1. The van der Waals surface area contributed by atoms with Gasteiger partial charge in [-0.3, -0.25) is 23.8 Å². The second kappa shape index (κ2) is 6.70. The van der Waals surface area contributed by atoms with E-state index in [0.717, 1.165) is 14.2 Å². The Morgan fingerprint density at radius 1 is 1.32 bits per heavy atom. The zero-order chi connectivity index (χ0) is 18.2. The molecule has 1 amide bonds. The van der Waals surface area contributed by atoms with Crippen LogP contribution in [0.1, 0.15) is 16.8 Å². The summed E-state index contributed by atoms with van der Waals surface area (Å²) in [7, 11) is -1.61. The maximum absolute atomic E-state index is 12.6. The van der Waals surface area contributed by atoms with Crippen LogP contribution in [-0.2, 0) is 23.1 Å². The molecular formula is C15H16NO8P. The lowest BCUT2D eigenvalue weighted by molar-refractivity contribution is -0.116. The van der Waals surface area contributed by atoms with E-state index in [-0.39, 0.29) is 35.3 Å². The number of rotatable bonds is 6. The van der Waals surface area contributed by atoms with Crippen molar-refractivity contribution in [2.75, 3.05) is 14.2 Å². The summed E-state index contributed by atoms with van der Waals surface area (Å²) in [6.45, 7) is 0. The molecule has 2 unspecified atom stereocenters. The van der Waals surface area contributed by atoms with Gasteiger partial charge in [-0.25, -0.2) is 4.57 Å². The van der Waals surface area contributed by atoms with Crippen LogP contribution in [0.3, 0.4) is 0 Å². The lowest BCUT2D eigenvalue weighted by Crippen LogP contribution is -2.31. The van der Waals surface area contributed by atoms with Crippen LogP contribution in [0, 0.1) is 0 Å². The lowest BCUT2D eigenvalue weighted by Gasteiger charge is -2.21. The van der Waals surface area contributed by atoms with E-state index < -0.39 is 19.8 Å². The quantitative estimate of drug-likeness (QED) is 0.350. The van der Waals surface area contributed by atoms with Gasteiger partial charge in [0.05, 0.1) is 17.4 Å². The maximum atomic E-state index is 12.6. The molecule has 1 saturated heterocycles. The Balaban J connectivity index is 1.85. The van der Waals surface area contributed by atoms with Crippen molar-refractivity contribution in [2.45, 2.75) is 18.6 Å². The van der Waals surface area contributed by atoms with E-state index in [4.69, 9.17) is 9.26 Å². The molecule has 2 aliphatic rings. The number of ketones is 1. The Morgan fingerprint density at radius 2 is 2.00 bits per heavy atom. The molecule has 1 aromatic rings. The van der Waals surface area contributed by atoms with Crippen LogP contribution in [0.2, 0.25) is 0 Å². The van der Waals surface area contributed by atoms with Crippen LogP contribution in [-0.4, -0.2) is 48.4 Å². The van der Waals surface area contributed by atoms with Gasteiger partial charge in [0.15, 0.2) is 5.78 Å². The topological polar surface area (TPSA) is 115 Å². The first kappa shape index (κ1) is 17.8. The minimum Gasteiger partial charge on any atom is -0.403 e. The first-order valence-electron chi connectivity index (χ1n) is 7.32. The van der Waals surface area contributed by atoms with Crippen molar-refractivity contribution in [3.63, 3.8) is 0 Å². The number of epoxide rings is 1. The number of fused-ring (bicyclic) bond motifs is 1. The molecule has 1 aromatic carbocycles. The zero-order valence-electron chi connectivity index (χ0n) is 13.4. The lowest BCUT2D eigenvalue weighted by atomic mass is 10.0. The molecule has 134 valence electrons. The molecule has 1 heterocycles. The third kappa shape index (κ3) is 3.51. The molecule has 1 N–H and O–H groups in total. The second-order valence-electron chi connectivity index (χ2n) is 5.35. The Bertz CT molecular complexity index is 783. The van der Waals surface area contributed by atoms with E-state index in [0.29, 0.717) is 5.06 Å². The predicted molar refractivity (Wildman–Crippen MR) is 83.0 cm³/mol. The van der Waals surface area contributed by atoms with E-state index in [1.807, 2.05) is 0 Å². The summed E-state index contributed by atoms with van der Waals surface area (Å²) in [5, 5.41) is 10.6. The number of hydrogen-bond acceptors (Lipinski definition) is 8. The number of phosphoric acid groups is 1. The molecule has 9 nitrogen and oxygen atoms in total. The summed E-state index contributed by atoms with van der Waals surface area (Å²) in [4.78, 5) is 24.3. The van der Waals surface area contributed by atoms with Crippen molar-refractivity contribution in [2.24, 2.45) is 0 Å². The summed E-state index contributed by atoms with van der Waals surface area (Å²) >= 11 is 0. The number of hydroxylamine groups is 2. The van der Waals surface area contributed by atoms with Gasteiger partial charge < -0.3 is 9.26 Å². The molecule has 1 fully saturated rings. The van der Waals surface area contributed by atoms with Crippen LogP contribution < -0.4 is 4.52 Å². The summed E-state index contributed by atoms with van der Waals surface area (Å²) in [5.74, 6) is -1.25. The van der Waals surface area contributed by atoms with Gasteiger partial charge in [0, 0.05) is 26.7 Å². The van der Waals surface area contributed by atoms with E-state index in [2.05, 4.69) is 9.05 Å². The summed E-state index contributed by atoms with van der Waals surface area (Å²) < 4.78 is 31.8. The molecule has 0 saturated carbocycles. The highest BCUT2D eigenvalue weighted by atomic mass is 31.2. The van der Waals surface area contributed by atoms with Crippen molar-refractivity contribution in [1.82, 2.24) is 5.06 Å². The fourth-order valence-electron chi connectivity index (χ4n) is 2.44. The number of amides is 1. The van der Waals surface area contributed by atoms with Gasteiger partial charge in [-0.15, -0.1) is 0 Å². The van der Waals surface area contributed by atoms with E-state index in [1.54, 1.807) is 12.1 Å². The van der Waals surface area contributed by atoms with Gasteiger partial charge in [-0.2, -0.15) is 5.06 Å². The number of carbonyl (C=O) groups excluding carboxylic acids is 2. The Labute approximate surface area is 143 Å². The molecule has 0 radical (unpaired) electrons. The van der Waals surface area contributed by atoms with Crippen LogP contribution in [0.15, 0.2) is 36.0 Å². The molecule has 10 heteroatoms. The molecule has 1 aliphatic heterocycles. The average molecular weight is 369 g/mol.